The molecule has 106 valence electrons. The Labute approximate surface area is 115 Å². The Balaban J connectivity index is 0.00000120. The minimum absolute atomic E-state index is 0. The second-order valence-electron chi connectivity index (χ2n) is 7.65. The van der Waals surface area contributed by atoms with Crippen molar-refractivity contribution < 1.29 is 0 Å². The van der Waals surface area contributed by atoms with Gasteiger partial charge in [-0.2, -0.15) is 0 Å². The molecule has 0 aromatic rings. The van der Waals surface area contributed by atoms with Crippen LogP contribution in [0.3, 0.4) is 0 Å². The zero-order valence-corrected chi connectivity index (χ0v) is 11.8. The Kier molecular flexibility index (Phi) is 4.78. The van der Waals surface area contributed by atoms with Crippen molar-refractivity contribution in [1.82, 2.24) is 0 Å². The Morgan fingerprint density at radius 3 is 1.44 bits per heavy atom. The summed E-state index contributed by atoms with van der Waals surface area (Å²) in [4.78, 5) is 0. The summed E-state index contributed by atoms with van der Waals surface area (Å²) in [7, 11) is 0. The van der Waals surface area contributed by atoms with Crippen molar-refractivity contribution in [1.29, 1.82) is 0 Å². The second-order valence-corrected chi connectivity index (χ2v) is 7.65. The van der Waals surface area contributed by atoms with E-state index >= 15 is 0 Å². The van der Waals surface area contributed by atoms with Gasteiger partial charge >= 0.3 is 0 Å². The van der Waals surface area contributed by atoms with Crippen LogP contribution in [-0.4, -0.2) is 0 Å². The van der Waals surface area contributed by atoms with Crippen molar-refractivity contribution >= 4 is 0 Å². The van der Waals surface area contributed by atoms with E-state index in [1.165, 1.54) is 12.8 Å². The molecule has 4 bridgehead atoms. The third kappa shape index (κ3) is 2.94. The first-order valence-corrected chi connectivity index (χ1v) is 8.22. The second kappa shape index (κ2) is 5.97. The van der Waals surface area contributed by atoms with Crippen LogP contribution >= 0.6 is 0 Å². The standard InChI is InChI=1S/C17H30.CH4/c1-12-3-5-14-9-15-6-4-13(2)17(11-14)8-7-16(12)10-15;/h12-17H,3-11H2,1-2H3;1H4. The summed E-state index contributed by atoms with van der Waals surface area (Å²) in [5.41, 5.74) is 0. The van der Waals surface area contributed by atoms with Crippen LogP contribution in [0.1, 0.15) is 79.1 Å². The maximum atomic E-state index is 2.55. The van der Waals surface area contributed by atoms with E-state index in [9.17, 15) is 0 Å². The Morgan fingerprint density at radius 2 is 1.00 bits per heavy atom. The zero-order valence-electron chi connectivity index (χ0n) is 11.8. The molecular weight excluding hydrogens is 216 g/mol. The monoisotopic (exact) mass is 250 g/mol. The Bertz CT molecular complexity index is 231. The third-order valence-electron chi connectivity index (χ3n) is 6.52. The summed E-state index contributed by atoms with van der Waals surface area (Å²) in [6.07, 6.45) is 14.0. The van der Waals surface area contributed by atoms with Crippen molar-refractivity contribution in [2.75, 3.05) is 0 Å². The van der Waals surface area contributed by atoms with E-state index in [2.05, 4.69) is 13.8 Å². The van der Waals surface area contributed by atoms with Crippen LogP contribution in [0.25, 0.3) is 0 Å². The van der Waals surface area contributed by atoms with Gasteiger partial charge in [-0.25, -0.2) is 0 Å². The zero-order chi connectivity index (χ0) is 11.8. The predicted octanol–water partition coefficient (Wildman–Crippen LogP) is 5.91. The molecule has 0 heterocycles. The highest BCUT2D eigenvalue weighted by Gasteiger charge is 2.35. The summed E-state index contributed by atoms with van der Waals surface area (Å²) in [5.74, 6) is 6.38. The predicted molar refractivity (Wildman–Crippen MR) is 80.6 cm³/mol. The maximum Gasteiger partial charge on any atom is -0.0386 e. The molecule has 0 amide bonds. The summed E-state index contributed by atoms with van der Waals surface area (Å²) in [5, 5.41) is 0. The third-order valence-corrected chi connectivity index (χ3v) is 6.52. The molecule has 0 radical (unpaired) electrons. The van der Waals surface area contributed by atoms with Gasteiger partial charge in [-0.05, 0) is 67.6 Å². The molecule has 6 atom stereocenters. The molecule has 6 unspecified atom stereocenters. The molecule has 5 saturated carbocycles. The van der Waals surface area contributed by atoms with E-state index in [1.807, 2.05) is 0 Å². The van der Waals surface area contributed by atoms with Gasteiger partial charge < -0.3 is 0 Å². The van der Waals surface area contributed by atoms with Gasteiger partial charge in [-0.3, -0.25) is 0 Å². The molecule has 0 aromatic carbocycles. The van der Waals surface area contributed by atoms with Crippen molar-refractivity contribution in [3.05, 3.63) is 0 Å². The fraction of sp³-hybridized carbons (Fsp3) is 1.00. The molecule has 5 rings (SSSR count). The smallest absolute Gasteiger partial charge is 0.0386 e. The number of hydrogen-bond acceptors (Lipinski definition) is 0. The first-order valence-electron chi connectivity index (χ1n) is 8.22. The lowest BCUT2D eigenvalue weighted by atomic mass is 9.70. The molecule has 0 N–H and O–H groups in total. The first-order chi connectivity index (χ1) is 8.22. The van der Waals surface area contributed by atoms with Crippen molar-refractivity contribution in [3.63, 3.8) is 0 Å². The van der Waals surface area contributed by atoms with E-state index in [4.69, 9.17) is 0 Å². The van der Waals surface area contributed by atoms with Crippen molar-refractivity contribution in [2.24, 2.45) is 35.5 Å². The van der Waals surface area contributed by atoms with Gasteiger partial charge in [-0.15, -0.1) is 0 Å². The van der Waals surface area contributed by atoms with Gasteiger partial charge in [0.25, 0.3) is 0 Å². The summed E-state index contributed by atoms with van der Waals surface area (Å²) >= 11 is 0. The van der Waals surface area contributed by atoms with Crippen LogP contribution in [0.2, 0.25) is 0 Å². The largest absolute Gasteiger partial charge is 0.0776 e. The molecule has 0 aromatic heterocycles. The van der Waals surface area contributed by atoms with Gasteiger partial charge in [0, 0.05) is 0 Å². The summed E-state index contributed by atoms with van der Waals surface area (Å²) in [6, 6.07) is 0. The highest BCUT2D eigenvalue weighted by atomic mass is 14.4. The molecule has 5 aliphatic carbocycles. The van der Waals surface area contributed by atoms with E-state index in [-0.39, 0.29) is 7.43 Å². The average molecular weight is 250 g/mol. The molecule has 0 aliphatic heterocycles. The van der Waals surface area contributed by atoms with Gasteiger partial charge in [0.2, 0.25) is 0 Å². The fourth-order valence-electron chi connectivity index (χ4n) is 5.16. The molecule has 0 nitrogen and oxygen atoms in total. The number of rotatable bonds is 0. The van der Waals surface area contributed by atoms with E-state index in [0.29, 0.717) is 0 Å². The van der Waals surface area contributed by atoms with Gasteiger partial charge in [-0.1, -0.05) is 47.0 Å². The Morgan fingerprint density at radius 1 is 0.556 bits per heavy atom. The van der Waals surface area contributed by atoms with E-state index in [1.54, 1.807) is 44.9 Å². The van der Waals surface area contributed by atoms with Gasteiger partial charge in [0.15, 0.2) is 0 Å². The lowest BCUT2D eigenvalue weighted by Crippen LogP contribution is -2.24. The summed E-state index contributed by atoms with van der Waals surface area (Å²) in [6.45, 7) is 5.09. The minimum atomic E-state index is 0. The number of hydrogen-bond donors (Lipinski definition) is 0. The average Bonchev–Trinajstić information content (AvgIpc) is 2.46. The molecule has 5 fully saturated rings. The van der Waals surface area contributed by atoms with Crippen molar-refractivity contribution in [2.45, 2.75) is 79.1 Å². The molecule has 0 heteroatoms. The Hall–Kier alpha value is 0. The van der Waals surface area contributed by atoms with Crippen LogP contribution < -0.4 is 0 Å². The van der Waals surface area contributed by atoms with E-state index < -0.39 is 0 Å². The van der Waals surface area contributed by atoms with Crippen LogP contribution in [0.5, 0.6) is 0 Å². The lowest BCUT2D eigenvalue weighted by molar-refractivity contribution is 0.158. The van der Waals surface area contributed by atoms with Gasteiger partial charge in [0.1, 0.15) is 0 Å². The van der Waals surface area contributed by atoms with E-state index in [0.717, 1.165) is 35.5 Å². The lowest BCUT2D eigenvalue weighted by Gasteiger charge is -2.35. The quantitative estimate of drug-likeness (QED) is 0.501. The normalized spacial score (nSPS) is 48.3. The molecule has 5 aliphatic rings. The van der Waals surface area contributed by atoms with Crippen LogP contribution in [0.15, 0.2) is 0 Å². The molecule has 18 heavy (non-hydrogen) atoms. The van der Waals surface area contributed by atoms with Crippen LogP contribution in [0, 0.1) is 35.5 Å². The van der Waals surface area contributed by atoms with Crippen LogP contribution in [-0.2, 0) is 0 Å². The number of fused-ring (bicyclic) bond motifs is 4. The molecular formula is C18H34. The fourth-order valence-corrected chi connectivity index (χ4v) is 5.16. The highest BCUT2D eigenvalue weighted by Crippen LogP contribution is 2.47. The first kappa shape index (κ1) is 14.4. The minimum Gasteiger partial charge on any atom is -0.0776 e. The maximum absolute atomic E-state index is 2.55. The molecule has 0 saturated heterocycles. The highest BCUT2D eigenvalue weighted by molar-refractivity contribution is 4.86. The van der Waals surface area contributed by atoms with Crippen LogP contribution in [0.4, 0.5) is 0 Å². The summed E-state index contributed by atoms with van der Waals surface area (Å²) < 4.78 is 0. The van der Waals surface area contributed by atoms with Crippen molar-refractivity contribution in [3.8, 4) is 0 Å². The topological polar surface area (TPSA) is 0 Å². The molecule has 0 spiro atoms. The van der Waals surface area contributed by atoms with Gasteiger partial charge in [0.05, 0.1) is 0 Å². The SMILES string of the molecule is C.CC1CCC2CC3CCC(C)C(CCC1C3)C2.